The molecule has 0 saturated carbocycles. The summed E-state index contributed by atoms with van der Waals surface area (Å²) in [5.41, 5.74) is 1.11. The maximum atomic E-state index is 11.4. The average Bonchev–Trinajstić information content (AvgIpc) is 2.25. The van der Waals surface area contributed by atoms with Gasteiger partial charge in [-0.3, -0.25) is 4.79 Å². The molecule has 2 N–H and O–H groups in total. The maximum absolute atomic E-state index is 11.4. The second-order valence-corrected chi connectivity index (χ2v) is 4.27. The predicted molar refractivity (Wildman–Crippen MR) is 65.3 cm³/mol. The van der Waals surface area contributed by atoms with Crippen molar-refractivity contribution < 1.29 is 4.79 Å². The average molecular weight is 221 g/mol. The number of carbonyl (C=O) groups is 1. The molecule has 0 bridgehead atoms. The number of nitrogens with zero attached hydrogens (tertiary/aromatic N) is 1. The normalized spacial score (nSPS) is 10.2. The topological polar surface area (TPSA) is 54.0 Å². The van der Waals surface area contributed by atoms with Crippen LogP contribution in [0.1, 0.15) is 19.4 Å². The van der Waals surface area contributed by atoms with E-state index in [2.05, 4.69) is 29.5 Å². The van der Waals surface area contributed by atoms with Gasteiger partial charge in [0.15, 0.2) is 0 Å². The summed E-state index contributed by atoms with van der Waals surface area (Å²) in [6.45, 7) is 7.08. The zero-order valence-electron chi connectivity index (χ0n) is 10.1. The molecule has 1 aromatic heterocycles. The Labute approximate surface area is 96.5 Å². The zero-order valence-corrected chi connectivity index (χ0v) is 10.1. The van der Waals surface area contributed by atoms with Crippen molar-refractivity contribution in [1.29, 1.82) is 0 Å². The second-order valence-electron chi connectivity index (χ2n) is 4.27. The predicted octanol–water partition coefficient (Wildman–Crippen LogP) is 1.57. The maximum Gasteiger partial charge on any atom is 0.239 e. The highest BCUT2D eigenvalue weighted by molar-refractivity contribution is 5.80. The van der Waals surface area contributed by atoms with Gasteiger partial charge in [-0.05, 0) is 24.5 Å². The number of aromatic nitrogens is 1. The number of hydrogen-bond donors (Lipinski definition) is 2. The van der Waals surface area contributed by atoms with E-state index in [9.17, 15) is 4.79 Å². The third-order valence-electron chi connectivity index (χ3n) is 2.05. The summed E-state index contributed by atoms with van der Waals surface area (Å²) in [7, 11) is 0. The van der Waals surface area contributed by atoms with E-state index < -0.39 is 0 Å². The van der Waals surface area contributed by atoms with Gasteiger partial charge in [-0.25, -0.2) is 4.98 Å². The van der Waals surface area contributed by atoms with E-state index in [0.29, 0.717) is 12.5 Å². The summed E-state index contributed by atoms with van der Waals surface area (Å²) in [5.74, 6) is 1.20. The Hall–Kier alpha value is -1.58. The Kier molecular flexibility index (Phi) is 4.76. The van der Waals surface area contributed by atoms with E-state index in [4.69, 9.17) is 0 Å². The standard InChI is InChI=1S/C12H19N3O/c1-9(2)6-15-12(16)8-14-11-5-4-10(3)7-13-11/h4-5,7,9H,6,8H2,1-3H3,(H,13,14)(H,15,16). The van der Waals surface area contributed by atoms with Gasteiger partial charge in [-0.1, -0.05) is 19.9 Å². The van der Waals surface area contributed by atoms with Gasteiger partial charge in [0.2, 0.25) is 5.91 Å². The first kappa shape index (κ1) is 12.5. The summed E-state index contributed by atoms with van der Waals surface area (Å²) in [6.07, 6.45) is 1.77. The van der Waals surface area contributed by atoms with Gasteiger partial charge in [-0.2, -0.15) is 0 Å². The molecule has 0 aliphatic carbocycles. The zero-order chi connectivity index (χ0) is 12.0. The first-order chi connectivity index (χ1) is 7.58. The largest absolute Gasteiger partial charge is 0.361 e. The minimum Gasteiger partial charge on any atom is -0.361 e. The van der Waals surface area contributed by atoms with Crippen LogP contribution in [0, 0.1) is 12.8 Å². The van der Waals surface area contributed by atoms with Gasteiger partial charge in [0.25, 0.3) is 0 Å². The SMILES string of the molecule is Cc1ccc(NCC(=O)NCC(C)C)nc1. The van der Waals surface area contributed by atoms with Gasteiger partial charge in [0, 0.05) is 12.7 Å². The first-order valence-electron chi connectivity index (χ1n) is 5.51. The van der Waals surface area contributed by atoms with Crippen molar-refractivity contribution in [3.05, 3.63) is 23.9 Å². The number of carbonyl (C=O) groups excluding carboxylic acids is 1. The van der Waals surface area contributed by atoms with Crippen LogP contribution in [0.4, 0.5) is 5.82 Å². The van der Waals surface area contributed by atoms with Crippen molar-refractivity contribution in [2.75, 3.05) is 18.4 Å². The number of pyridine rings is 1. The van der Waals surface area contributed by atoms with Crippen LogP contribution in [0.2, 0.25) is 0 Å². The first-order valence-corrected chi connectivity index (χ1v) is 5.51. The summed E-state index contributed by atoms with van der Waals surface area (Å²) >= 11 is 0. The molecule has 1 aromatic rings. The van der Waals surface area contributed by atoms with Gasteiger partial charge in [0.1, 0.15) is 5.82 Å². The molecule has 1 amide bonds. The van der Waals surface area contributed by atoms with Crippen molar-refractivity contribution in [3.63, 3.8) is 0 Å². The van der Waals surface area contributed by atoms with Crippen LogP contribution in [0.3, 0.4) is 0 Å². The Morgan fingerprint density at radius 3 is 2.75 bits per heavy atom. The number of rotatable bonds is 5. The molecule has 1 rings (SSSR count). The molecular formula is C12H19N3O. The lowest BCUT2D eigenvalue weighted by Crippen LogP contribution is -2.32. The fourth-order valence-electron chi connectivity index (χ4n) is 1.12. The molecule has 0 aliphatic rings. The van der Waals surface area contributed by atoms with Crippen molar-refractivity contribution in [3.8, 4) is 0 Å². The van der Waals surface area contributed by atoms with Crippen LogP contribution < -0.4 is 10.6 Å². The second kappa shape index (κ2) is 6.10. The smallest absolute Gasteiger partial charge is 0.239 e. The molecule has 1 heterocycles. The Morgan fingerprint density at radius 2 is 2.19 bits per heavy atom. The van der Waals surface area contributed by atoms with Gasteiger partial charge >= 0.3 is 0 Å². The van der Waals surface area contributed by atoms with Crippen LogP contribution in [0.25, 0.3) is 0 Å². The molecule has 88 valence electrons. The lowest BCUT2D eigenvalue weighted by Gasteiger charge is -2.08. The van der Waals surface area contributed by atoms with Crippen LogP contribution in [-0.4, -0.2) is 24.0 Å². The van der Waals surface area contributed by atoms with Crippen LogP contribution >= 0.6 is 0 Å². The van der Waals surface area contributed by atoms with Crippen molar-refractivity contribution >= 4 is 11.7 Å². The Morgan fingerprint density at radius 1 is 1.44 bits per heavy atom. The molecule has 16 heavy (non-hydrogen) atoms. The molecule has 0 atom stereocenters. The number of hydrogen-bond acceptors (Lipinski definition) is 3. The molecule has 0 aromatic carbocycles. The minimum absolute atomic E-state index is 0.00363. The van der Waals surface area contributed by atoms with Gasteiger partial charge in [-0.15, -0.1) is 0 Å². The summed E-state index contributed by atoms with van der Waals surface area (Å²) in [4.78, 5) is 15.5. The van der Waals surface area contributed by atoms with Crippen LogP contribution in [-0.2, 0) is 4.79 Å². The quantitative estimate of drug-likeness (QED) is 0.793. The highest BCUT2D eigenvalue weighted by Gasteiger charge is 2.02. The molecule has 0 fully saturated rings. The highest BCUT2D eigenvalue weighted by Crippen LogP contribution is 2.02. The molecule has 0 spiro atoms. The Bertz CT molecular complexity index is 333. The van der Waals surface area contributed by atoms with E-state index in [1.165, 1.54) is 0 Å². The lowest BCUT2D eigenvalue weighted by molar-refractivity contribution is -0.119. The van der Waals surface area contributed by atoms with Crippen molar-refractivity contribution in [1.82, 2.24) is 10.3 Å². The van der Waals surface area contributed by atoms with Gasteiger partial charge < -0.3 is 10.6 Å². The third kappa shape index (κ3) is 4.77. The third-order valence-corrected chi connectivity index (χ3v) is 2.05. The monoisotopic (exact) mass is 221 g/mol. The number of amides is 1. The Balaban J connectivity index is 2.29. The van der Waals surface area contributed by atoms with E-state index in [1.54, 1.807) is 6.20 Å². The lowest BCUT2D eigenvalue weighted by atomic mass is 10.2. The van der Waals surface area contributed by atoms with Crippen LogP contribution in [0.5, 0.6) is 0 Å². The van der Waals surface area contributed by atoms with Crippen molar-refractivity contribution in [2.45, 2.75) is 20.8 Å². The van der Waals surface area contributed by atoms with Crippen molar-refractivity contribution in [2.24, 2.45) is 5.92 Å². The van der Waals surface area contributed by atoms with E-state index >= 15 is 0 Å². The fourth-order valence-corrected chi connectivity index (χ4v) is 1.12. The molecular weight excluding hydrogens is 202 g/mol. The number of anilines is 1. The number of aryl methyl sites for hydroxylation is 1. The summed E-state index contributed by atoms with van der Waals surface area (Å²) < 4.78 is 0. The van der Waals surface area contributed by atoms with E-state index in [1.807, 2.05) is 19.1 Å². The highest BCUT2D eigenvalue weighted by atomic mass is 16.1. The van der Waals surface area contributed by atoms with Crippen LogP contribution in [0.15, 0.2) is 18.3 Å². The minimum atomic E-state index is -0.00363. The van der Waals surface area contributed by atoms with Gasteiger partial charge in [0.05, 0.1) is 6.54 Å². The molecule has 0 unspecified atom stereocenters. The fraction of sp³-hybridized carbons (Fsp3) is 0.500. The summed E-state index contributed by atoms with van der Waals surface area (Å²) in [5, 5.41) is 5.81. The molecule has 4 nitrogen and oxygen atoms in total. The molecule has 0 radical (unpaired) electrons. The van der Waals surface area contributed by atoms with E-state index in [0.717, 1.165) is 11.4 Å². The molecule has 0 saturated heterocycles. The number of nitrogens with one attached hydrogen (secondary N) is 2. The molecule has 0 aliphatic heterocycles. The summed E-state index contributed by atoms with van der Waals surface area (Å²) in [6, 6.07) is 3.83. The van der Waals surface area contributed by atoms with E-state index in [-0.39, 0.29) is 12.5 Å². The molecule has 4 heteroatoms.